The molecular formula is C9H12BrNO2. The normalized spacial score (nSPS) is 15.4. The molecule has 0 bridgehead atoms. The van der Waals surface area contributed by atoms with Gasteiger partial charge in [0.1, 0.15) is 12.2 Å². The topological polar surface area (TPSA) is 55.5 Å². The fourth-order valence-corrected chi connectivity index (χ4v) is 1.32. The van der Waals surface area contributed by atoms with Crippen molar-refractivity contribution in [1.82, 2.24) is 0 Å². The van der Waals surface area contributed by atoms with Gasteiger partial charge in [-0.3, -0.25) is 0 Å². The van der Waals surface area contributed by atoms with Crippen LogP contribution in [-0.2, 0) is 10.4 Å². The van der Waals surface area contributed by atoms with E-state index in [0.717, 1.165) is 10.0 Å². The molecule has 3 N–H and O–H groups in total. The lowest BCUT2D eigenvalue weighted by Crippen LogP contribution is -2.29. The third kappa shape index (κ3) is 2.77. The highest BCUT2D eigenvalue weighted by molar-refractivity contribution is 9.10. The zero-order valence-electron chi connectivity index (χ0n) is 7.33. The van der Waals surface area contributed by atoms with E-state index in [1.807, 2.05) is 24.3 Å². The maximum atomic E-state index is 9.86. The Morgan fingerprint density at radius 1 is 1.46 bits per heavy atom. The van der Waals surface area contributed by atoms with Crippen molar-refractivity contribution in [1.29, 1.82) is 0 Å². The molecule has 1 aromatic carbocycles. The van der Waals surface area contributed by atoms with Gasteiger partial charge in [-0.05, 0) is 24.6 Å². The van der Waals surface area contributed by atoms with Crippen molar-refractivity contribution in [3.63, 3.8) is 0 Å². The van der Waals surface area contributed by atoms with E-state index >= 15 is 0 Å². The van der Waals surface area contributed by atoms with Gasteiger partial charge in [-0.2, -0.15) is 0 Å². The lowest BCUT2D eigenvalue weighted by atomic mass is 9.97. The molecule has 0 amide bonds. The van der Waals surface area contributed by atoms with E-state index in [-0.39, 0.29) is 6.61 Å². The Hall–Kier alpha value is -0.420. The predicted molar refractivity (Wildman–Crippen MR) is 53.9 cm³/mol. The summed E-state index contributed by atoms with van der Waals surface area (Å²) in [5.74, 6) is 4.91. The number of halogens is 1. The minimum Gasteiger partial charge on any atom is -0.383 e. The van der Waals surface area contributed by atoms with E-state index in [2.05, 4.69) is 20.8 Å². The van der Waals surface area contributed by atoms with Crippen molar-refractivity contribution >= 4 is 15.9 Å². The zero-order valence-corrected chi connectivity index (χ0v) is 8.91. The molecular weight excluding hydrogens is 234 g/mol. The first-order chi connectivity index (χ1) is 6.06. The third-order valence-electron chi connectivity index (χ3n) is 1.83. The largest absolute Gasteiger partial charge is 0.383 e. The van der Waals surface area contributed by atoms with Crippen molar-refractivity contribution in [3.8, 4) is 0 Å². The molecule has 0 spiro atoms. The number of aliphatic hydroxyl groups is 1. The van der Waals surface area contributed by atoms with E-state index in [1.54, 1.807) is 6.92 Å². The van der Waals surface area contributed by atoms with E-state index in [1.165, 1.54) is 0 Å². The first kappa shape index (κ1) is 10.7. The summed E-state index contributed by atoms with van der Waals surface area (Å²) in [4.78, 5) is 4.43. The molecule has 4 heteroatoms. The van der Waals surface area contributed by atoms with Gasteiger partial charge in [0.25, 0.3) is 0 Å². The van der Waals surface area contributed by atoms with Crippen LogP contribution in [0.5, 0.6) is 0 Å². The van der Waals surface area contributed by atoms with Crippen LogP contribution in [0.3, 0.4) is 0 Å². The molecule has 3 nitrogen and oxygen atoms in total. The van der Waals surface area contributed by atoms with Gasteiger partial charge < -0.3 is 9.94 Å². The average molecular weight is 246 g/mol. The second-order valence-electron chi connectivity index (χ2n) is 3.09. The summed E-state index contributed by atoms with van der Waals surface area (Å²) in [7, 11) is 0. The molecule has 1 aromatic rings. The zero-order chi connectivity index (χ0) is 9.90. The number of benzene rings is 1. The fraction of sp³-hybridized carbons (Fsp3) is 0.333. The van der Waals surface area contributed by atoms with E-state index < -0.39 is 5.60 Å². The SMILES string of the molecule is CC(O)(CON)c1ccc(Br)cc1. The molecule has 0 aliphatic rings. The quantitative estimate of drug-likeness (QED) is 0.795. The lowest BCUT2D eigenvalue weighted by Gasteiger charge is -2.22. The number of hydrogen-bond donors (Lipinski definition) is 2. The molecule has 0 aliphatic heterocycles. The number of hydrogen-bond acceptors (Lipinski definition) is 3. The van der Waals surface area contributed by atoms with Gasteiger partial charge >= 0.3 is 0 Å². The van der Waals surface area contributed by atoms with Crippen LogP contribution in [0.1, 0.15) is 12.5 Å². The van der Waals surface area contributed by atoms with Crippen molar-refractivity contribution in [2.75, 3.05) is 6.61 Å². The Kier molecular flexibility index (Phi) is 3.44. The summed E-state index contributed by atoms with van der Waals surface area (Å²) in [6, 6.07) is 7.37. The number of nitrogens with two attached hydrogens (primary N) is 1. The van der Waals surface area contributed by atoms with E-state index in [9.17, 15) is 5.11 Å². The highest BCUT2D eigenvalue weighted by Crippen LogP contribution is 2.22. The highest BCUT2D eigenvalue weighted by atomic mass is 79.9. The minimum absolute atomic E-state index is 0.0780. The van der Waals surface area contributed by atoms with Crippen LogP contribution >= 0.6 is 15.9 Å². The summed E-state index contributed by atoms with van der Waals surface area (Å²) < 4.78 is 0.973. The molecule has 0 aliphatic carbocycles. The second kappa shape index (κ2) is 4.19. The molecule has 0 fully saturated rings. The summed E-state index contributed by atoms with van der Waals surface area (Å²) in [5.41, 5.74) is -0.253. The maximum Gasteiger partial charge on any atom is 0.112 e. The van der Waals surface area contributed by atoms with E-state index in [4.69, 9.17) is 5.90 Å². The molecule has 0 heterocycles. The summed E-state index contributed by atoms with van der Waals surface area (Å²) >= 11 is 3.31. The molecule has 1 unspecified atom stereocenters. The highest BCUT2D eigenvalue weighted by Gasteiger charge is 2.22. The van der Waals surface area contributed by atoms with Gasteiger partial charge in [0.2, 0.25) is 0 Å². The van der Waals surface area contributed by atoms with Gasteiger partial charge in [-0.15, -0.1) is 0 Å². The Morgan fingerprint density at radius 2 is 2.00 bits per heavy atom. The third-order valence-corrected chi connectivity index (χ3v) is 2.36. The van der Waals surface area contributed by atoms with E-state index in [0.29, 0.717) is 0 Å². The van der Waals surface area contributed by atoms with Crippen molar-refractivity contribution in [3.05, 3.63) is 34.3 Å². The Labute approximate surface area is 85.6 Å². The monoisotopic (exact) mass is 245 g/mol. The molecule has 13 heavy (non-hydrogen) atoms. The van der Waals surface area contributed by atoms with Gasteiger partial charge in [-0.1, -0.05) is 28.1 Å². The van der Waals surface area contributed by atoms with Crippen molar-refractivity contribution in [2.24, 2.45) is 5.90 Å². The Balaban J connectivity index is 2.87. The average Bonchev–Trinajstić information content (AvgIpc) is 2.05. The second-order valence-corrected chi connectivity index (χ2v) is 4.01. The van der Waals surface area contributed by atoms with Crippen LogP contribution in [0, 0.1) is 0 Å². The molecule has 1 atom stereocenters. The van der Waals surface area contributed by atoms with Crippen molar-refractivity contribution in [2.45, 2.75) is 12.5 Å². The fourth-order valence-electron chi connectivity index (χ4n) is 1.05. The maximum absolute atomic E-state index is 9.86. The molecule has 0 saturated heterocycles. The Morgan fingerprint density at radius 3 is 2.46 bits per heavy atom. The van der Waals surface area contributed by atoms with Crippen LogP contribution < -0.4 is 5.90 Å². The molecule has 1 rings (SSSR count). The smallest absolute Gasteiger partial charge is 0.112 e. The van der Waals surface area contributed by atoms with Crippen LogP contribution in [-0.4, -0.2) is 11.7 Å². The standard InChI is InChI=1S/C9H12BrNO2/c1-9(12,6-13-11)7-2-4-8(10)5-3-7/h2-5,12H,6,11H2,1H3. The first-order valence-corrected chi connectivity index (χ1v) is 4.65. The van der Waals surface area contributed by atoms with Gasteiger partial charge in [-0.25, -0.2) is 5.90 Å². The van der Waals surface area contributed by atoms with Crippen LogP contribution in [0.2, 0.25) is 0 Å². The van der Waals surface area contributed by atoms with Crippen LogP contribution in [0.4, 0.5) is 0 Å². The lowest BCUT2D eigenvalue weighted by molar-refractivity contribution is -0.0387. The molecule has 0 radical (unpaired) electrons. The van der Waals surface area contributed by atoms with Crippen molar-refractivity contribution < 1.29 is 9.94 Å². The van der Waals surface area contributed by atoms with Crippen LogP contribution in [0.15, 0.2) is 28.7 Å². The molecule has 72 valence electrons. The molecule has 0 aromatic heterocycles. The van der Waals surface area contributed by atoms with Gasteiger partial charge in [0.15, 0.2) is 0 Å². The summed E-state index contributed by atoms with van der Waals surface area (Å²) in [5, 5.41) is 9.86. The minimum atomic E-state index is -1.03. The van der Waals surface area contributed by atoms with Crippen LogP contribution in [0.25, 0.3) is 0 Å². The Bertz CT molecular complexity index is 271. The molecule has 0 saturated carbocycles. The van der Waals surface area contributed by atoms with Gasteiger partial charge in [0, 0.05) is 4.47 Å². The predicted octanol–water partition coefficient (Wildman–Crippen LogP) is 1.55. The number of rotatable bonds is 3. The summed E-state index contributed by atoms with van der Waals surface area (Å²) in [6.07, 6.45) is 0. The first-order valence-electron chi connectivity index (χ1n) is 3.86. The summed E-state index contributed by atoms with van der Waals surface area (Å²) in [6.45, 7) is 1.73. The van der Waals surface area contributed by atoms with Gasteiger partial charge in [0.05, 0.1) is 0 Å².